The zero-order chi connectivity index (χ0) is 52.5. The number of fused-ring (bicyclic) bond motifs is 1. The molecule has 2 aromatic rings. The van der Waals surface area contributed by atoms with Crippen LogP contribution in [0.15, 0.2) is 30.5 Å². The van der Waals surface area contributed by atoms with Crippen LogP contribution in [-0.4, -0.2) is 185 Å². The summed E-state index contributed by atoms with van der Waals surface area (Å²) >= 11 is 0. The molecular weight excluding hydrogens is 919 g/mol. The van der Waals surface area contributed by atoms with Crippen molar-refractivity contribution in [1.82, 2.24) is 61.5 Å². The summed E-state index contributed by atoms with van der Waals surface area (Å²) in [5.74, 6) is -1.34. The molecule has 2 unspecified atom stereocenters. The minimum atomic E-state index is -1.01. The molecule has 0 saturated heterocycles. The largest absolute Gasteiger partial charge is 0.379 e. The van der Waals surface area contributed by atoms with Gasteiger partial charge < -0.3 is 62.1 Å². The molecule has 0 fully saturated rings. The lowest BCUT2D eigenvalue weighted by Gasteiger charge is -2.23. The number of carbonyl (C=O) groups excluding carboxylic acids is 6. The van der Waals surface area contributed by atoms with Crippen molar-refractivity contribution in [2.45, 2.75) is 122 Å². The first-order valence-electron chi connectivity index (χ1n) is 26.2. The summed E-state index contributed by atoms with van der Waals surface area (Å²) in [7, 11) is 12.7. The molecule has 1 aromatic heterocycles. The number of carbonyl (C=O) groups is 6. The number of benzene rings is 1. The van der Waals surface area contributed by atoms with Crippen molar-refractivity contribution in [1.29, 1.82) is 0 Å². The maximum absolute atomic E-state index is 13.5. The van der Waals surface area contributed by atoms with E-state index in [1.54, 1.807) is 24.3 Å². The van der Waals surface area contributed by atoms with Gasteiger partial charge in [-0.1, -0.05) is 25.7 Å². The van der Waals surface area contributed by atoms with E-state index in [1.807, 2.05) is 0 Å². The Morgan fingerprint density at radius 3 is 1.68 bits per heavy atom. The van der Waals surface area contributed by atoms with Gasteiger partial charge in [0.05, 0.1) is 18.4 Å². The van der Waals surface area contributed by atoms with Crippen molar-refractivity contribution in [2.24, 2.45) is 5.73 Å². The first-order chi connectivity index (χ1) is 34.6. The van der Waals surface area contributed by atoms with E-state index in [-0.39, 0.29) is 49.3 Å². The predicted octanol–water partition coefficient (Wildman–Crippen LogP) is 2.28. The van der Waals surface area contributed by atoms with E-state index in [1.165, 1.54) is 12.6 Å². The second-order valence-electron chi connectivity index (χ2n) is 19.4. The number of hydrogen-bond donors (Lipinski definition) is 9. The van der Waals surface area contributed by atoms with Crippen molar-refractivity contribution < 1.29 is 28.8 Å². The maximum Gasteiger partial charge on any atom is 0.276 e. The lowest BCUT2D eigenvalue weighted by Crippen LogP contribution is -2.51. The molecular formula is C51H89N15O6. The van der Waals surface area contributed by atoms with E-state index in [9.17, 15) is 28.8 Å². The highest BCUT2D eigenvalue weighted by Crippen LogP contribution is 2.16. The zero-order valence-electron chi connectivity index (χ0n) is 44.3. The molecule has 72 heavy (non-hydrogen) atoms. The van der Waals surface area contributed by atoms with E-state index in [4.69, 9.17) is 5.73 Å². The third kappa shape index (κ3) is 27.4. The van der Waals surface area contributed by atoms with Gasteiger partial charge in [-0.3, -0.25) is 34.5 Å². The molecule has 2 atom stereocenters. The Balaban J connectivity index is 1.40. The molecule has 0 spiro atoms. The number of unbranched alkanes of at least 4 members (excludes halogenated alkanes) is 6. The van der Waals surface area contributed by atoms with Crippen LogP contribution in [0.25, 0.3) is 0 Å². The van der Waals surface area contributed by atoms with E-state index < -0.39 is 30.1 Å². The summed E-state index contributed by atoms with van der Waals surface area (Å²) in [6.45, 7) is 8.16. The van der Waals surface area contributed by atoms with E-state index in [2.05, 4.69) is 114 Å². The Hall–Kier alpha value is -5.48. The second-order valence-corrected chi connectivity index (χ2v) is 19.4. The number of nitrogens with zero attached hydrogens (tertiary/aromatic N) is 6. The van der Waals surface area contributed by atoms with Crippen LogP contribution < -0.4 is 48.3 Å². The van der Waals surface area contributed by atoms with Crippen LogP contribution in [0.3, 0.4) is 0 Å². The summed E-state index contributed by atoms with van der Waals surface area (Å²) in [4.78, 5) is 94.8. The van der Waals surface area contributed by atoms with Crippen LogP contribution in [0, 0.1) is 0 Å². The normalized spacial score (nSPS) is 13.6. The predicted molar refractivity (Wildman–Crippen MR) is 284 cm³/mol. The molecule has 3 rings (SSSR count). The van der Waals surface area contributed by atoms with Gasteiger partial charge in [-0.2, -0.15) is 0 Å². The number of anilines is 2. The molecule has 1 aromatic carbocycles. The smallest absolute Gasteiger partial charge is 0.276 e. The summed E-state index contributed by atoms with van der Waals surface area (Å²) in [6, 6.07) is 5.63. The molecule has 0 aliphatic carbocycles. The fourth-order valence-electron chi connectivity index (χ4n) is 7.92. The van der Waals surface area contributed by atoms with Gasteiger partial charge >= 0.3 is 0 Å². The van der Waals surface area contributed by atoms with Gasteiger partial charge in [0, 0.05) is 56.7 Å². The average Bonchev–Trinajstić information content (AvgIpc) is 3.33. The molecule has 10 N–H and O–H groups in total. The van der Waals surface area contributed by atoms with Crippen molar-refractivity contribution in [3.8, 4) is 0 Å². The summed E-state index contributed by atoms with van der Waals surface area (Å²) in [5.41, 5.74) is 7.37. The van der Waals surface area contributed by atoms with Gasteiger partial charge in [-0.05, 0) is 164 Å². The van der Waals surface area contributed by atoms with E-state index >= 15 is 0 Å². The summed E-state index contributed by atoms with van der Waals surface area (Å²) < 4.78 is 0. The highest BCUT2D eigenvalue weighted by atomic mass is 16.2. The Labute approximate surface area is 429 Å². The van der Waals surface area contributed by atoms with Crippen LogP contribution in [0.5, 0.6) is 0 Å². The fourth-order valence-corrected chi connectivity index (χ4v) is 7.92. The number of rotatable bonds is 39. The van der Waals surface area contributed by atoms with Gasteiger partial charge in [0.15, 0.2) is 17.8 Å². The number of hydrogen-bond acceptors (Lipinski definition) is 15. The first-order valence-corrected chi connectivity index (χ1v) is 26.2. The van der Waals surface area contributed by atoms with E-state index in [0.29, 0.717) is 68.1 Å². The monoisotopic (exact) mass is 1010 g/mol. The van der Waals surface area contributed by atoms with Crippen molar-refractivity contribution in [2.75, 3.05) is 118 Å². The number of nitrogens with two attached hydrogens (primary N) is 1. The third-order valence-electron chi connectivity index (χ3n) is 12.2. The maximum atomic E-state index is 13.5. The highest BCUT2D eigenvalue weighted by Gasteiger charge is 2.25. The molecule has 21 heteroatoms. The van der Waals surface area contributed by atoms with Gasteiger partial charge in [-0.15, -0.1) is 0 Å². The van der Waals surface area contributed by atoms with Crippen LogP contribution in [0.1, 0.15) is 129 Å². The SMILES string of the molecule is CN(C)CCCN(C)CCCCCCCC(=O)NCCCNC(=O)C(CCC(=O)NCCCNC(=O)CCCCCN(C)CCCN(C)C)NC(=O)c1ccc(NCc2cnc3c(n2)C(=O)NC(N)N3)cc1. The van der Waals surface area contributed by atoms with Crippen LogP contribution >= 0.6 is 0 Å². The fraction of sp³-hybridized carbons (Fsp3) is 0.686. The van der Waals surface area contributed by atoms with Gasteiger partial charge in [0.2, 0.25) is 23.6 Å². The summed E-state index contributed by atoms with van der Waals surface area (Å²) in [5, 5.41) is 23.0. The Bertz CT molecular complexity index is 1920. The van der Waals surface area contributed by atoms with Crippen molar-refractivity contribution in [3.63, 3.8) is 0 Å². The first kappa shape index (κ1) is 60.8. The van der Waals surface area contributed by atoms with Gasteiger partial charge in [0.1, 0.15) is 6.04 Å². The van der Waals surface area contributed by atoms with Crippen LogP contribution in [-0.2, 0) is 25.7 Å². The second kappa shape index (κ2) is 35.6. The average molecular weight is 1010 g/mol. The zero-order valence-corrected chi connectivity index (χ0v) is 44.3. The minimum absolute atomic E-state index is 0.00147. The third-order valence-corrected chi connectivity index (χ3v) is 12.2. The van der Waals surface area contributed by atoms with Crippen LogP contribution in [0.4, 0.5) is 11.5 Å². The van der Waals surface area contributed by atoms with Crippen molar-refractivity contribution in [3.05, 3.63) is 47.4 Å². The van der Waals surface area contributed by atoms with Gasteiger partial charge in [-0.25, -0.2) is 9.97 Å². The number of amides is 6. The molecule has 1 aliphatic rings. The topological polar surface area (TPSA) is 263 Å². The lowest BCUT2D eigenvalue weighted by molar-refractivity contribution is -0.124. The standard InChI is InChI=1S/C51H89N15O6/c1-63(2)31-17-35-65(5)33-13-9-7-8-11-19-43(67)54-29-16-30-56-49(71)42(25-26-45(69)55-28-15-27-53-44(68)20-12-10-14-34-66(6)36-18-32-64(3)4)60-48(70)39-21-23-40(24-22-39)57-37-41-38-58-47-46(59-41)50(72)62-51(52)61-47/h21-24,38,42,51,57H,7-20,25-37,52H2,1-6H3,(H,53,68)(H,54,67)(H,55,69)(H,56,71)(H,58,61)(H,60,70)(H,62,72). The van der Waals surface area contributed by atoms with Crippen molar-refractivity contribution >= 4 is 46.9 Å². The Kier molecular flexibility index (Phi) is 30.1. The number of aromatic nitrogens is 2. The van der Waals surface area contributed by atoms with E-state index in [0.717, 1.165) is 97.1 Å². The Morgan fingerprint density at radius 2 is 1.11 bits per heavy atom. The molecule has 0 saturated carbocycles. The summed E-state index contributed by atoms with van der Waals surface area (Å²) in [6.07, 6.45) is 13.3. The molecule has 2 heterocycles. The molecule has 21 nitrogen and oxygen atoms in total. The molecule has 404 valence electrons. The van der Waals surface area contributed by atoms with Crippen LogP contribution in [0.2, 0.25) is 0 Å². The number of nitrogens with one attached hydrogen (secondary N) is 8. The highest BCUT2D eigenvalue weighted by molar-refractivity contribution is 5.99. The van der Waals surface area contributed by atoms with Gasteiger partial charge in [0.25, 0.3) is 11.8 Å². The molecule has 6 amide bonds. The minimum Gasteiger partial charge on any atom is -0.379 e. The molecule has 1 aliphatic heterocycles. The quantitative estimate of drug-likeness (QED) is 0.0436. The Morgan fingerprint density at radius 1 is 0.611 bits per heavy atom. The molecule has 0 radical (unpaired) electrons. The lowest BCUT2D eigenvalue weighted by atomic mass is 10.1. The molecule has 0 bridgehead atoms.